The molecule has 5 heteroatoms. The Morgan fingerprint density at radius 3 is 2.75 bits per heavy atom. The molecule has 0 aromatic heterocycles. The number of aliphatic carboxylic acids is 1. The largest absolute Gasteiger partial charge is 0.480 e. The minimum absolute atomic E-state index is 0.0384. The van der Waals surface area contributed by atoms with Gasteiger partial charge in [-0.1, -0.05) is 17.7 Å². The Labute approximate surface area is 99.1 Å². The number of nitrogens with zero attached hydrogens (tertiary/aromatic N) is 1. The summed E-state index contributed by atoms with van der Waals surface area (Å²) >= 11 is 5.84. The Bertz CT molecular complexity index is 357. The van der Waals surface area contributed by atoms with Crippen LogP contribution in [0.25, 0.3) is 0 Å². The van der Waals surface area contributed by atoms with Crippen molar-refractivity contribution in [2.24, 2.45) is 0 Å². The van der Waals surface area contributed by atoms with Crippen LogP contribution in [0.5, 0.6) is 0 Å². The minimum atomic E-state index is -0.905. The fraction of sp³-hybridized carbons (Fsp3) is 0.364. The fourth-order valence-corrected chi connectivity index (χ4v) is 1.58. The van der Waals surface area contributed by atoms with Gasteiger partial charge in [-0.2, -0.15) is 0 Å². The zero-order valence-corrected chi connectivity index (χ0v) is 9.52. The highest BCUT2D eigenvalue weighted by molar-refractivity contribution is 6.30. The van der Waals surface area contributed by atoms with E-state index in [9.17, 15) is 4.79 Å². The first-order valence-electron chi connectivity index (χ1n) is 4.96. The van der Waals surface area contributed by atoms with Crippen LogP contribution >= 0.6 is 11.6 Å². The van der Waals surface area contributed by atoms with E-state index in [1.54, 1.807) is 29.2 Å². The molecule has 0 atom stereocenters. The molecule has 0 aliphatic carbocycles. The minimum Gasteiger partial charge on any atom is -0.480 e. The van der Waals surface area contributed by atoms with Crippen molar-refractivity contribution in [3.63, 3.8) is 0 Å². The number of aliphatic hydroxyl groups excluding tert-OH is 1. The third-order valence-corrected chi connectivity index (χ3v) is 2.32. The van der Waals surface area contributed by atoms with Crippen LogP contribution in [0.4, 0.5) is 5.69 Å². The first-order chi connectivity index (χ1) is 7.63. The van der Waals surface area contributed by atoms with Crippen LogP contribution in [0.3, 0.4) is 0 Å². The molecular formula is C11H14ClNO3. The maximum Gasteiger partial charge on any atom is 0.323 e. The summed E-state index contributed by atoms with van der Waals surface area (Å²) in [7, 11) is 0. The van der Waals surface area contributed by atoms with Crippen molar-refractivity contribution in [2.45, 2.75) is 6.42 Å². The van der Waals surface area contributed by atoms with Gasteiger partial charge in [-0.15, -0.1) is 0 Å². The van der Waals surface area contributed by atoms with Crippen molar-refractivity contribution in [3.8, 4) is 0 Å². The molecule has 1 aromatic rings. The fourth-order valence-electron chi connectivity index (χ4n) is 1.40. The molecule has 0 saturated heterocycles. The van der Waals surface area contributed by atoms with Crippen LogP contribution < -0.4 is 4.90 Å². The number of benzene rings is 1. The van der Waals surface area contributed by atoms with Crippen LogP contribution in [-0.2, 0) is 4.79 Å². The summed E-state index contributed by atoms with van der Waals surface area (Å²) in [5, 5.41) is 18.1. The lowest BCUT2D eigenvalue weighted by atomic mass is 10.2. The van der Waals surface area contributed by atoms with Gasteiger partial charge in [0.1, 0.15) is 6.54 Å². The molecule has 2 N–H and O–H groups in total. The standard InChI is InChI=1S/C11H14ClNO3/c12-9-3-1-4-10(7-9)13(5-2-6-14)8-11(15)16/h1,3-4,7,14H,2,5-6,8H2,(H,15,16). The number of hydrogen-bond acceptors (Lipinski definition) is 3. The van der Waals surface area contributed by atoms with Crippen LogP contribution in [0.2, 0.25) is 5.02 Å². The Hall–Kier alpha value is -1.26. The van der Waals surface area contributed by atoms with E-state index in [0.29, 0.717) is 18.0 Å². The van der Waals surface area contributed by atoms with E-state index in [1.807, 2.05) is 0 Å². The highest BCUT2D eigenvalue weighted by Gasteiger charge is 2.10. The van der Waals surface area contributed by atoms with Crippen LogP contribution in [-0.4, -0.2) is 35.9 Å². The topological polar surface area (TPSA) is 60.8 Å². The van der Waals surface area contributed by atoms with E-state index in [-0.39, 0.29) is 13.2 Å². The highest BCUT2D eigenvalue weighted by Crippen LogP contribution is 2.19. The van der Waals surface area contributed by atoms with Crippen molar-refractivity contribution in [3.05, 3.63) is 29.3 Å². The van der Waals surface area contributed by atoms with Gasteiger partial charge in [0.25, 0.3) is 0 Å². The maximum atomic E-state index is 10.7. The van der Waals surface area contributed by atoms with E-state index in [2.05, 4.69) is 0 Å². The van der Waals surface area contributed by atoms with Crippen molar-refractivity contribution >= 4 is 23.3 Å². The van der Waals surface area contributed by atoms with Crippen molar-refractivity contribution in [2.75, 3.05) is 24.6 Å². The molecule has 0 amide bonds. The molecule has 0 unspecified atom stereocenters. The summed E-state index contributed by atoms with van der Waals surface area (Å²) in [5.74, 6) is -0.905. The van der Waals surface area contributed by atoms with Gasteiger partial charge >= 0.3 is 5.97 Å². The quantitative estimate of drug-likeness (QED) is 0.797. The molecule has 0 heterocycles. The normalized spacial score (nSPS) is 10.1. The Balaban J connectivity index is 2.78. The summed E-state index contributed by atoms with van der Waals surface area (Å²) in [6, 6.07) is 7.01. The zero-order valence-electron chi connectivity index (χ0n) is 8.77. The number of halogens is 1. The van der Waals surface area contributed by atoms with Crippen LogP contribution in [0.15, 0.2) is 24.3 Å². The lowest BCUT2D eigenvalue weighted by Crippen LogP contribution is -2.31. The molecule has 16 heavy (non-hydrogen) atoms. The molecule has 88 valence electrons. The Morgan fingerprint density at radius 1 is 1.44 bits per heavy atom. The predicted octanol–water partition coefficient (Wildman–Crippen LogP) is 1.61. The van der Waals surface area contributed by atoms with E-state index in [4.69, 9.17) is 21.8 Å². The molecule has 1 rings (SSSR count). The Kier molecular flexibility index (Phi) is 5.08. The molecule has 0 fully saturated rings. The second kappa shape index (κ2) is 6.35. The van der Waals surface area contributed by atoms with Crippen LogP contribution in [0.1, 0.15) is 6.42 Å². The van der Waals surface area contributed by atoms with Gasteiger partial charge in [0.2, 0.25) is 0 Å². The summed E-state index contributed by atoms with van der Waals surface area (Å²) in [6.45, 7) is 0.431. The smallest absolute Gasteiger partial charge is 0.323 e. The molecule has 0 saturated carbocycles. The number of carbonyl (C=O) groups is 1. The van der Waals surface area contributed by atoms with E-state index in [0.717, 1.165) is 5.69 Å². The maximum absolute atomic E-state index is 10.7. The molecule has 0 radical (unpaired) electrons. The second-order valence-corrected chi connectivity index (χ2v) is 3.81. The van der Waals surface area contributed by atoms with Gasteiger partial charge in [0.05, 0.1) is 0 Å². The summed E-state index contributed by atoms with van der Waals surface area (Å²) in [5.41, 5.74) is 0.753. The molecule has 1 aromatic carbocycles. The SMILES string of the molecule is O=C(O)CN(CCCO)c1cccc(Cl)c1. The zero-order chi connectivity index (χ0) is 12.0. The van der Waals surface area contributed by atoms with Gasteiger partial charge in [-0.05, 0) is 24.6 Å². The molecule has 0 aliphatic heterocycles. The second-order valence-electron chi connectivity index (χ2n) is 3.37. The lowest BCUT2D eigenvalue weighted by molar-refractivity contribution is -0.135. The van der Waals surface area contributed by atoms with Gasteiger partial charge in [0, 0.05) is 23.9 Å². The molecule has 4 nitrogen and oxygen atoms in total. The van der Waals surface area contributed by atoms with Crippen molar-refractivity contribution in [1.82, 2.24) is 0 Å². The molecular weight excluding hydrogens is 230 g/mol. The average Bonchev–Trinajstić information content (AvgIpc) is 2.23. The molecule has 0 bridgehead atoms. The van der Waals surface area contributed by atoms with Gasteiger partial charge in [0.15, 0.2) is 0 Å². The number of hydrogen-bond donors (Lipinski definition) is 2. The van der Waals surface area contributed by atoms with Crippen LogP contribution in [0, 0.1) is 0 Å². The monoisotopic (exact) mass is 243 g/mol. The lowest BCUT2D eigenvalue weighted by Gasteiger charge is -2.22. The predicted molar refractivity (Wildman–Crippen MR) is 63.0 cm³/mol. The van der Waals surface area contributed by atoms with Gasteiger partial charge in [-0.3, -0.25) is 4.79 Å². The van der Waals surface area contributed by atoms with E-state index < -0.39 is 5.97 Å². The third kappa shape index (κ3) is 4.08. The first kappa shape index (κ1) is 12.8. The number of rotatable bonds is 6. The van der Waals surface area contributed by atoms with Gasteiger partial charge < -0.3 is 15.1 Å². The molecule has 0 spiro atoms. The Morgan fingerprint density at radius 2 is 2.19 bits per heavy atom. The van der Waals surface area contributed by atoms with Crippen molar-refractivity contribution < 1.29 is 15.0 Å². The number of carboxylic acids is 1. The summed E-state index contributed by atoms with van der Waals surface area (Å²) in [6.07, 6.45) is 0.528. The number of aliphatic hydroxyl groups is 1. The summed E-state index contributed by atoms with van der Waals surface area (Å²) in [4.78, 5) is 12.4. The third-order valence-electron chi connectivity index (χ3n) is 2.09. The van der Waals surface area contributed by atoms with E-state index in [1.165, 1.54) is 0 Å². The summed E-state index contributed by atoms with van der Waals surface area (Å²) < 4.78 is 0. The highest BCUT2D eigenvalue weighted by atomic mass is 35.5. The number of carboxylic acid groups (broad SMARTS) is 1. The van der Waals surface area contributed by atoms with E-state index >= 15 is 0 Å². The average molecular weight is 244 g/mol. The molecule has 0 aliphatic rings. The first-order valence-corrected chi connectivity index (χ1v) is 5.34. The van der Waals surface area contributed by atoms with Crippen molar-refractivity contribution in [1.29, 1.82) is 0 Å². The number of anilines is 1. The van der Waals surface area contributed by atoms with Gasteiger partial charge in [-0.25, -0.2) is 0 Å².